The molecule has 0 aliphatic rings. The highest BCUT2D eigenvalue weighted by atomic mass is 32.2. The van der Waals surface area contributed by atoms with Crippen molar-refractivity contribution in [1.29, 1.82) is 0 Å². The van der Waals surface area contributed by atoms with Crippen LogP contribution in [0.15, 0.2) is 59.5 Å². The van der Waals surface area contributed by atoms with Crippen LogP contribution in [-0.4, -0.2) is 26.6 Å². The summed E-state index contributed by atoms with van der Waals surface area (Å²) < 4.78 is 34.8. The number of hydrogen-bond acceptors (Lipinski definition) is 4. The average molecular weight is 468 g/mol. The Morgan fingerprint density at radius 3 is 2.27 bits per heavy atom. The van der Waals surface area contributed by atoms with Gasteiger partial charge in [-0.05, 0) is 92.1 Å². The van der Waals surface area contributed by atoms with Crippen LogP contribution in [0.5, 0.6) is 5.75 Å². The number of carboxylic acids is 1. The predicted octanol–water partition coefficient (Wildman–Crippen LogP) is 5.29. The third-order valence-corrected chi connectivity index (χ3v) is 7.50. The Morgan fingerprint density at radius 1 is 0.970 bits per heavy atom. The summed E-state index contributed by atoms with van der Waals surface area (Å²) >= 11 is 0. The Labute approximate surface area is 195 Å². The van der Waals surface area contributed by atoms with E-state index in [4.69, 9.17) is 9.84 Å². The zero-order valence-electron chi connectivity index (χ0n) is 19.3. The molecule has 0 aromatic heterocycles. The second kappa shape index (κ2) is 10.1. The molecule has 174 valence electrons. The highest BCUT2D eigenvalue weighted by Gasteiger charge is 2.23. The Balaban J connectivity index is 1.78. The SMILES string of the molecule is COc1cc(C)c(S(=O)(=O)Nc2ccccc2CCCc2ccc(C(=O)O)cc2)c(C)c1C. The first-order chi connectivity index (χ1) is 15.6. The fraction of sp³-hybridized carbons (Fsp3) is 0.269. The summed E-state index contributed by atoms with van der Waals surface area (Å²) in [6.45, 7) is 5.41. The number of aryl methyl sites for hydroxylation is 3. The van der Waals surface area contributed by atoms with Crippen molar-refractivity contribution in [2.45, 2.75) is 44.9 Å². The summed E-state index contributed by atoms with van der Waals surface area (Å²) in [6.07, 6.45) is 2.24. The lowest BCUT2D eigenvalue weighted by Crippen LogP contribution is -2.17. The van der Waals surface area contributed by atoms with Crippen molar-refractivity contribution in [3.8, 4) is 5.75 Å². The molecule has 0 aliphatic heterocycles. The second-order valence-corrected chi connectivity index (χ2v) is 9.71. The van der Waals surface area contributed by atoms with Crippen molar-refractivity contribution in [3.05, 3.63) is 88.0 Å². The van der Waals surface area contributed by atoms with Crippen LogP contribution in [0.3, 0.4) is 0 Å². The van der Waals surface area contributed by atoms with Crippen molar-refractivity contribution >= 4 is 21.7 Å². The average Bonchev–Trinajstić information content (AvgIpc) is 2.77. The van der Waals surface area contributed by atoms with Gasteiger partial charge in [0.2, 0.25) is 0 Å². The van der Waals surface area contributed by atoms with Crippen LogP contribution < -0.4 is 9.46 Å². The number of rotatable bonds is 9. The van der Waals surface area contributed by atoms with Crippen molar-refractivity contribution in [2.24, 2.45) is 0 Å². The smallest absolute Gasteiger partial charge is 0.335 e. The molecule has 0 bridgehead atoms. The van der Waals surface area contributed by atoms with E-state index in [1.165, 1.54) is 0 Å². The van der Waals surface area contributed by atoms with Gasteiger partial charge in [-0.2, -0.15) is 0 Å². The molecule has 0 saturated carbocycles. The number of carboxylic acid groups (broad SMARTS) is 1. The first-order valence-corrected chi connectivity index (χ1v) is 12.2. The van der Waals surface area contributed by atoms with Crippen LogP contribution in [0.1, 0.15) is 44.6 Å². The molecule has 0 atom stereocenters. The van der Waals surface area contributed by atoms with Crippen molar-refractivity contribution < 1.29 is 23.1 Å². The van der Waals surface area contributed by atoms with Crippen molar-refractivity contribution in [2.75, 3.05) is 11.8 Å². The summed E-state index contributed by atoms with van der Waals surface area (Å²) in [5.74, 6) is -0.277. The lowest BCUT2D eigenvalue weighted by Gasteiger charge is -2.18. The van der Waals surface area contributed by atoms with E-state index in [1.54, 1.807) is 45.2 Å². The number of benzene rings is 3. The Bertz CT molecular complexity index is 1260. The third-order valence-electron chi connectivity index (χ3n) is 5.84. The molecule has 2 N–H and O–H groups in total. The fourth-order valence-electron chi connectivity index (χ4n) is 3.98. The number of carbonyl (C=O) groups is 1. The number of anilines is 1. The molecule has 0 amide bonds. The number of aromatic carboxylic acids is 1. The van der Waals surface area contributed by atoms with Gasteiger partial charge < -0.3 is 9.84 Å². The predicted molar refractivity (Wildman–Crippen MR) is 130 cm³/mol. The highest BCUT2D eigenvalue weighted by Crippen LogP contribution is 2.32. The molecular formula is C26H29NO5S. The Kier molecular flexibility index (Phi) is 7.43. The second-order valence-electron chi connectivity index (χ2n) is 8.09. The summed E-state index contributed by atoms with van der Waals surface area (Å²) in [4.78, 5) is 11.3. The van der Waals surface area contributed by atoms with Crippen molar-refractivity contribution in [1.82, 2.24) is 0 Å². The number of hydrogen-bond donors (Lipinski definition) is 2. The minimum atomic E-state index is -3.80. The van der Waals surface area contributed by atoms with E-state index in [9.17, 15) is 13.2 Å². The van der Waals surface area contributed by atoms with E-state index in [0.717, 1.165) is 29.5 Å². The van der Waals surface area contributed by atoms with E-state index < -0.39 is 16.0 Å². The number of methoxy groups -OCH3 is 1. The monoisotopic (exact) mass is 467 g/mol. The largest absolute Gasteiger partial charge is 0.496 e. The van der Waals surface area contributed by atoms with Gasteiger partial charge in [-0.3, -0.25) is 4.72 Å². The molecule has 3 aromatic rings. The third kappa shape index (κ3) is 5.54. The van der Waals surface area contributed by atoms with Crippen LogP contribution in [0.2, 0.25) is 0 Å². The molecule has 0 aliphatic carbocycles. The molecule has 0 fully saturated rings. The first-order valence-electron chi connectivity index (χ1n) is 10.7. The van der Waals surface area contributed by atoms with Crippen LogP contribution in [0, 0.1) is 20.8 Å². The topological polar surface area (TPSA) is 92.7 Å². The first kappa shape index (κ1) is 24.3. The van der Waals surface area contributed by atoms with Crippen LogP contribution in [0.25, 0.3) is 0 Å². The van der Waals surface area contributed by atoms with Gasteiger partial charge in [-0.25, -0.2) is 13.2 Å². The van der Waals surface area contributed by atoms with E-state index in [1.807, 2.05) is 37.3 Å². The van der Waals surface area contributed by atoms with Crippen LogP contribution in [-0.2, 0) is 22.9 Å². The normalized spacial score (nSPS) is 11.3. The summed E-state index contributed by atoms with van der Waals surface area (Å²) in [6, 6.07) is 16.0. The van der Waals surface area contributed by atoms with E-state index >= 15 is 0 Å². The molecule has 0 heterocycles. The molecule has 0 unspecified atom stereocenters. The summed E-state index contributed by atoms with van der Waals surface area (Å²) in [5.41, 5.74) is 4.86. The zero-order valence-corrected chi connectivity index (χ0v) is 20.1. The van der Waals surface area contributed by atoms with Gasteiger partial charge >= 0.3 is 5.97 Å². The minimum absolute atomic E-state index is 0.262. The van der Waals surface area contributed by atoms with E-state index in [2.05, 4.69) is 4.72 Å². The molecule has 0 radical (unpaired) electrons. The standard InChI is InChI=1S/C26H29NO5S/c1-17-16-24(32-4)18(2)19(3)25(17)33(30,31)27-23-11-6-5-9-21(23)10-7-8-20-12-14-22(15-13-20)26(28)29/h5-6,9,11-16,27H,7-8,10H2,1-4H3,(H,28,29). The van der Waals surface area contributed by atoms with Gasteiger partial charge in [0.05, 0.1) is 23.3 Å². The molecule has 3 aromatic carbocycles. The quantitative estimate of drug-likeness (QED) is 0.446. The number of nitrogens with one attached hydrogen (secondary N) is 1. The molecule has 0 spiro atoms. The molecule has 7 heteroatoms. The summed E-state index contributed by atoms with van der Waals surface area (Å²) in [5, 5.41) is 9.02. The van der Waals surface area contributed by atoms with Crippen LogP contribution in [0.4, 0.5) is 5.69 Å². The molecule has 6 nitrogen and oxygen atoms in total. The maximum absolute atomic E-state index is 13.3. The van der Waals surface area contributed by atoms with E-state index in [0.29, 0.717) is 29.0 Å². The number of para-hydroxylation sites is 1. The van der Waals surface area contributed by atoms with Gasteiger partial charge in [-0.1, -0.05) is 30.3 Å². The van der Waals surface area contributed by atoms with Gasteiger partial charge in [0.1, 0.15) is 5.75 Å². The van der Waals surface area contributed by atoms with Crippen molar-refractivity contribution in [3.63, 3.8) is 0 Å². The molecule has 0 saturated heterocycles. The molecular weight excluding hydrogens is 438 g/mol. The van der Waals surface area contributed by atoms with E-state index in [-0.39, 0.29) is 10.5 Å². The lowest BCUT2D eigenvalue weighted by molar-refractivity contribution is 0.0697. The Morgan fingerprint density at radius 2 is 1.64 bits per heavy atom. The van der Waals surface area contributed by atoms with Gasteiger partial charge in [-0.15, -0.1) is 0 Å². The number of ether oxygens (including phenoxy) is 1. The minimum Gasteiger partial charge on any atom is -0.496 e. The van der Waals surface area contributed by atoms with Gasteiger partial charge in [0.25, 0.3) is 10.0 Å². The fourth-order valence-corrected chi connectivity index (χ4v) is 5.61. The van der Waals surface area contributed by atoms with Crippen LogP contribution >= 0.6 is 0 Å². The maximum Gasteiger partial charge on any atom is 0.335 e. The van der Waals surface area contributed by atoms with Gasteiger partial charge in [0, 0.05) is 0 Å². The summed E-state index contributed by atoms with van der Waals surface area (Å²) in [7, 11) is -2.22. The Hall–Kier alpha value is -3.32. The van der Waals surface area contributed by atoms with Gasteiger partial charge in [0.15, 0.2) is 0 Å². The molecule has 33 heavy (non-hydrogen) atoms. The lowest BCUT2D eigenvalue weighted by atomic mass is 10.0. The highest BCUT2D eigenvalue weighted by molar-refractivity contribution is 7.92. The maximum atomic E-state index is 13.3. The zero-order chi connectivity index (χ0) is 24.2. The number of sulfonamides is 1. The molecule has 3 rings (SSSR count).